The molecule has 2 aromatic heterocycles. The minimum Gasteiger partial charge on any atom is -0.414 e. The number of benzene rings is 2. The number of aryl methyl sites for hydroxylation is 2. The number of para-hydroxylation sites is 1. The highest BCUT2D eigenvalue weighted by molar-refractivity contribution is 5.79. The fourth-order valence-electron chi connectivity index (χ4n) is 6.31. The van der Waals surface area contributed by atoms with Crippen molar-refractivity contribution < 1.29 is 13.6 Å². The molecule has 2 unspecified atom stereocenters. The third-order valence-corrected chi connectivity index (χ3v) is 8.37. The molecule has 11 nitrogen and oxygen atoms in total. The van der Waals surface area contributed by atoms with E-state index in [4.69, 9.17) is 13.6 Å². The first-order valence-electron chi connectivity index (χ1n) is 14.0. The summed E-state index contributed by atoms with van der Waals surface area (Å²) in [7, 11) is 0. The number of ether oxygens (including phenoxy) is 1. The summed E-state index contributed by atoms with van der Waals surface area (Å²) in [4.78, 5) is 56.3. The average Bonchev–Trinajstić information content (AvgIpc) is 3.17. The van der Waals surface area contributed by atoms with Gasteiger partial charge in [-0.1, -0.05) is 30.3 Å². The normalized spacial score (nSPS) is 20.6. The Morgan fingerprint density at radius 2 is 1.63 bits per heavy atom. The predicted octanol–water partition coefficient (Wildman–Crippen LogP) is 2.67. The van der Waals surface area contributed by atoms with Crippen LogP contribution >= 0.6 is 0 Å². The van der Waals surface area contributed by atoms with Crippen LogP contribution in [0.2, 0.25) is 0 Å². The summed E-state index contributed by atoms with van der Waals surface area (Å²) >= 11 is 0. The van der Waals surface area contributed by atoms with Crippen molar-refractivity contribution >= 4 is 11.2 Å². The Hall–Kier alpha value is -4.09. The van der Waals surface area contributed by atoms with E-state index in [1.54, 1.807) is 12.1 Å². The van der Waals surface area contributed by atoms with Gasteiger partial charge < -0.3 is 13.6 Å². The summed E-state index contributed by atoms with van der Waals surface area (Å²) in [5, 5.41) is 0. The molecule has 2 aliphatic heterocycles. The van der Waals surface area contributed by atoms with E-state index >= 15 is 0 Å². The molecule has 0 aliphatic carbocycles. The van der Waals surface area contributed by atoms with Gasteiger partial charge in [0.05, 0.1) is 18.4 Å². The lowest BCUT2D eigenvalue weighted by Gasteiger charge is -2.39. The van der Waals surface area contributed by atoms with Crippen LogP contribution in [-0.4, -0.2) is 43.8 Å². The van der Waals surface area contributed by atoms with Crippen molar-refractivity contribution in [3.05, 3.63) is 101 Å². The van der Waals surface area contributed by atoms with Crippen molar-refractivity contribution in [1.82, 2.24) is 19.0 Å². The first kappa shape index (κ1) is 27.1. The number of rotatable bonds is 8. The van der Waals surface area contributed by atoms with Gasteiger partial charge in [0, 0.05) is 25.2 Å². The highest BCUT2D eigenvalue weighted by Crippen LogP contribution is 2.37. The summed E-state index contributed by atoms with van der Waals surface area (Å²) < 4.78 is 18.8. The van der Waals surface area contributed by atoms with Crippen LogP contribution in [0.5, 0.6) is 0 Å². The molecule has 0 radical (unpaired) electrons. The lowest BCUT2D eigenvalue weighted by atomic mass is 9.99. The lowest BCUT2D eigenvalue weighted by Crippen LogP contribution is -2.47. The summed E-state index contributed by atoms with van der Waals surface area (Å²) in [5.74, 6) is 0.128. The maximum atomic E-state index is 13.5. The van der Waals surface area contributed by atoms with Crippen molar-refractivity contribution in [2.75, 3.05) is 6.54 Å². The Morgan fingerprint density at radius 3 is 2.39 bits per heavy atom. The van der Waals surface area contributed by atoms with E-state index in [9.17, 15) is 19.2 Å². The van der Waals surface area contributed by atoms with Gasteiger partial charge in [0.2, 0.25) is 0 Å². The van der Waals surface area contributed by atoms with Gasteiger partial charge in [0.1, 0.15) is 5.82 Å². The number of piperidine rings is 1. The number of aromatic nitrogens is 3. The molecule has 2 aliphatic rings. The third kappa shape index (κ3) is 5.22. The van der Waals surface area contributed by atoms with Crippen LogP contribution in [-0.2, 0) is 17.9 Å². The van der Waals surface area contributed by atoms with E-state index in [0.29, 0.717) is 25.1 Å². The van der Waals surface area contributed by atoms with Gasteiger partial charge in [-0.15, -0.1) is 0 Å². The van der Waals surface area contributed by atoms with Crippen LogP contribution in [0, 0.1) is 13.8 Å². The lowest BCUT2D eigenvalue weighted by molar-refractivity contribution is -0.0287. The molecule has 0 saturated carbocycles. The van der Waals surface area contributed by atoms with Crippen LogP contribution in [0.1, 0.15) is 49.1 Å². The van der Waals surface area contributed by atoms with Crippen molar-refractivity contribution in [2.45, 2.75) is 77.3 Å². The van der Waals surface area contributed by atoms with E-state index < -0.39 is 22.6 Å². The fraction of sp³-hybridized carbons (Fsp3) is 0.433. The maximum absolute atomic E-state index is 13.5. The molecule has 214 valence electrons. The zero-order chi connectivity index (χ0) is 28.7. The van der Waals surface area contributed by atoms with E-state index in [2.05, 4.69) is 28.9 Å². The van der Waals surface area contributed by atoms with Gasteiger partial charge in [-0.2, -0.15) is 4.98 Å². The van der Waals surface area contributed by atoms with Gasteiger partial charge in [0.25, 0.3) is 0 Å². The van der Waals surface area contributed by atoms with Crippen LogP contribution < -0.4 is 22.6 Å². The first-order valence-corrected chi connectivity index (χ1v) is 14.0. The molecular weight excluding hydrogens is 528 g/mol. The molecule has 0 amide bonds. The molecule has 2 atom stereocenters. The second kappa shape index (κ2) is 11.1. The molecule has 4 heterocycles. The van der Waals surface area contributed by atoms with Crippen LogP contribution in [0.4, 0.5) is 0 Å². The Bertz CT molecular complexity index is 1820. The standard InChI is InChI=1S/C30H32N4O7/c1-18-7-3-4-8-20(18)17-39-23-15-21-11-12-22(16-23)32(21)13-6-14-33-29(37)31-19(2)34(30(33)38)24-9-5-10-25-26(24)41-28(36)27(35)40-25/h3-5,7-10,21-23H,6,11-17H2,1-2H3. The largest absolute Gasteiger partial charge is 0.423 e. The van der Waals surface area contributed by atoms with Crippen LogP contribution in [0.3, 0.4) is 0 Å². The van der Waals surface area contributed by atoms with Gasteiger partial charge in [-0.3, -0.25) is 4.90 Å². The van der Waals surface area contributed by atoms with Crippen molar-refractivity contribution in [1.29, 1.82) is 0 Å². The molecule has 0 N–H and O–H groups in total. The van der Waals surface area contributed by atoms with Crippen LogP contribution in [0.15, 0.2) is 70.5 Å². The molecule has 4 aromatic rings. The van der Waals surface area contributed by atoms with Gasteiger partial charge in [-0.05, 0) is 69.2 Å². The summed E-state index contributed by atoms with van der Waals surface area (Å²) in [6.07, 6.45) is 5.02. The zero-order valence-electron chi connectivity index (χ0n) is 23.1. The zero-order valence-corrected chi connectivity index (χ0v) is 23.1. The molecule has 2 saturated heterocycles. The second-order valence-corrected chi connectivity index (χ2v) is 10.9. The maximum Gasteiger partial charge on any atom is 0.423 e. The SMILES string of the molecule is Cc1ccccc1COC1CC2CCC(C1)N2CCCn1c(=O)nc(C)n(-c2cccc3oc(=O)c(=O)oc23)c1=O. The van der Waals surface area contributed by atoms with E-state index in [1.165, 1.54) is 28.7 Å². The third-order valence-electron chi connectivity index (χ3n) is 8.37. The molecule has 2 bridgehead atoms. The molecule has 2 fully saturated rings. The summed E-state index contributed by atoms with van der Waals surface area (Å²) in [6, 6.07) is 13.7. The van der Waals surface area contributed by atoms with Gasteiger partial charge >= 0.3 is 22.6 Å². The van der Waals surface area contributed by atoms with Gasteiger partial charge in [0.15, 0.2) is 11.2 Å². The van der Waals surface area contributed by atoms with Crippen LogP contribution in [0.25, 0.3) is 16.9 Å². The number of hydrogen-bond acceptors (Lipinski definition) is 9. The van der Waals surface area contributed by atoms with Gasteiger partial charge in [-0.25, -0.2) is 28.3 Å². The Kier molecular flexibility index (Phi) is 7.31. The smallest absolute Gasteiger partial charge is 0.414 e. The van der Waals surface area contributed by atoms with E-state index in [-0.39, 0.29) is 35.3 Å². The predicted molar refractivity (Wildman–Crippen MR) is 151 cm³/mol. The summed E-state index contributed by atoms with van der Waals surface area (Å²) in [5.41, 5.74) is -0.995. The Balaban J connectivity index is 1.16. The molecule has 11 heteroatoms. The quantitative estimate of drug-likeness (QED) is 0.299. The molecule has 2 aromatic carbocycles. The number of hydrogen-bond donors (Lipinski definition) is 0. The number of fused-ring (bicyclic) bond motifs is 3. The topological polar surface area (TPSA) is 130 Å². The van der Waals surface area contributed by atoms with E-state index in [0.717, 1.165) is 36.8 Å². The Morgan fingerprint density at radius 1 is 0.902 bits per heavy atom. The molecule has 6 rings (SSSR count). The highest BCUT2D eigenvalue weighted by Gasteiger charge is 2.40. The minimum atomic E-state index is -1.18. The second-order valence-electron chi connectivity index (χ2n) is 10.9. The van der Waals surface area contributed by atoms with Crippen molar-refractivity contribution in [2.24, 2.45) is 0 Å². The first-order chi connectivity index (χ1) is 19.8. The summed E-state index contributed by atoms with van der Waals surface area (Å²) in [6.45, 7) is 5.20. The highest BCUT2D eigenvalue weighted by atomic mass is 16.5. The van der Waals surface area contributed by atoms with Crippen molar-refractivity contribution in [3.63, 3.8) is 0 Å². The molecular formula is C30H32N4O7. The van der Waals surface area contributed by atoms with E-state index in [1.807, 2.05) is 12.1 Å². The average molecular weight is 561 g/mol. The Labute approximate surface area is 234 Å². The molecule has 41 heavy (non-hydrogen) atoms. The number of nitrogens with zero attached hydrogens (tertiary/aromatic N) is 4. The van der Waals surface area contributed by atoms with Crippen molar-refractivity contribution in [3.8, 4) is 5.69 Å². The molecule has 0 spiro atoms. The fourth-order valence-corrected chi connectivity index (χ4v) is 6.31. The monoisotopic (exact) mass is 560 g/mol. The minimum absolute atomic E-state index is 0.0120.